The molecule has 2 heterocycles. The van der Waals surface area contributed by atoms with Gasteiger partial charge in [0.1, 0.15) is 0 Å². The second-order valence-electron chi connectivity index (χ2n) is 4.73. The number of nitrogens with two attached hydrogens (primary N) is 1. The number of piperidine rings is 1. The predicted molar refractivity (Wildman–Crippen MR) is 74.0 cm³/mol. The highest BCUT2D eigenvalue weighted by Gasteiger charge is 2.32. The molecule has 1 aliphatic heterocycles. The van der Waals surface area contributed by atoms with Crippen LogP contribution in [0.4, 0.5) is 0 Å². The van der Waals surface area contributed by atoms with Crippen LogP contribution in [0.25, 0.3) is 0 Å². The third kappa shape index (κ3) is 3.21. The van der Waals surface area contributed by atoms with Crippen LogP contribution in [0.5, 0.6) is 0 Å². The average molecular weight is 251 g/mol. The summed E-state index contributed by atoms with van der Waals surface area (Å²) in [5, 5.41) is 0. The fraction of sp³-hybridized carbons (Fsp3) is 0.615. The minimum atomic E-state index is 0.325. The Labute approximate surface area is 108 Å². The maximum Gasteiger partial charge on any atom is 0.0312 e. The monoisotopic (exact) mass is 251 g/mol. The molecule has 17 heavy (non-hydrogen) atoms. The van der Waals surface area contributed by atoms with Gasteiger partial charge in [0.05, 0.1) is 0 Å². The van der Waals surface area contributed by atoms with Crippen LogP contribution < -0.4 is 5.73 Å². The van der Waals surface area contributed by atoms with E-state index in [1.54, 1.807) is 0 Å². The fourth-order valence-electron chi connectivity index (χ4n) is 2.36. The second-order valence-corrected chi connectivity index (χ2v) is 6.00. The molecule has 94 valence electrons. The average Bonchev–Trinajstić information content (AvgIpc) is 2.41. The minimum Gasteiger partial charge on any atom is -0.329 e. The van der Waals surface area contributed by atoms with E-state index in [0.717, 1.165) is 26.2 Å². The summed E-state index contributed by atoms with van der Waals surface area (Å²) in [7, 11) is 0. The lowest BCUT2D eigenvalue weighted by atomic mass is 9.95. The van der Waals surface area contributed by atoms with Crippen molar-refractivity contribution < 1.29 is 0 Å². The van der Waals surface area contributed by atoms with Crippen molar-refractivity contribution in [2.24, 2.45) is 5.73 Å². The van der Waals surface area contributed by atoms with Gasteiger partial charge in [-0.3, -0.25) is 9.88 Å². The van der Waals surface area contributed by atoms with Crippen LogP contribution in [0, 0.1) is 0 Å². The predicted octanol–water partition coefficient (Wildman–Crippen LogP) is 1.74. The van der Waals surface area contributed by atoms with E-state index in [2.05, 4.69) is 22.2 Å². The van der Waals surface area contributed by atoms with Gasteiger partial charge in [0, 0.05) is 30.2 Å². The molecule has 2 rings (SSSR count). The summed E-state index contributed by atoms with van der Waals surface area (Å²) < 4.78 is 0.325. The maximum atomic E-state index is 5.90. The normalized spacial score (nSPS) is 20.4. The number of hydrogen-bond donors (Lipinski definition) is 1. The topological polar surface area (TPSA) is 42.1 Å². The molecule has 1 fully saturated rings. The van der Waals surface area contributed by atoms with Crippen molar-refractivity contribution in [3.05, 3.63) is 30.1 Å². The molecule has 0 amide bonds. The number of likely N-dealkylation sites (tertiary alicyclic amines) is 1. The molecule has 0 unspecified atom stereocenters. The molecule has 0 aromatic carbocycles. The Kier molecular flexibility index (Phi) is 4.42. The molecule has 0 saturated carbocycles. The van der Waals surface area contributed by atoms with Gasteiger partial charge in [-0.2, -0.15) is 11.8 Å². The van der Waals surface area contributed by atoms with Gasteiger partial charge in [-0.1, -0.05) is 6.07 Å². The Balaban J connectivity index is 1.87. The molecular weight excluding hydrogens is 230 g/mol. The van der Waals surface area contributed by atoms with Gasteiger partial charge in [-0.05, 0) is 43.8 Å². The number of nitrogens with zero attached hydrogens (tertiary/aromatic N) is 2. The van der Waals surface area contributed by atoms with Crippen LogP contribution in [0.3, 0.4) is 0 Å². The highest BCUT2D eigenvalue weighted by molar-refractivity contribution is 8.00. The van der Waals surface area contributed by atoms with Crippen molar-refractivity contribution in [3.63, 3.8) is 0 Å². The highest BCUT2D eigenvalue weighted by atomic mass is 32.2. The lowest BCUT2D eigenvalue weighted by Crippen LogP contribution is -2.46. The summed E-state index contributed by atoms with van der Waals surface area (Å²) >= 11 is 1.94. The van der Waals surface area contributed by atoms with Crippen LogP contribution in [-0.4, -0.2) is 40.5 Å². The summed E-state index contributed by atoms with van der Waals surface area (Å²) in [6.45, 7) is 4.11. The van der Waals surface area contributed by atoms with Gasteiger partial charge in [0.2, 0.25) is 0 Å². The zero-order chi connectivity index (χ0) is 12.1. The third-order valence-corrected chi connectivity index (χ3v) is 5.14. The lowest BCUT2D eigenvalue weighted by Gasteiger charge is -2.40. The summed E-state index contributed by atoms with van der Waals surface area (Å²) in [6, 6.07) is 4.15. The van der Waals surface area contributed by atoms with E-state index in [1.165, 1.54) is 18.4 Å². The lowest BCUT2D eigenvalue weighted by molar-refractivity contribution is 0.195. The third-order valence-electron chi connectivity index (χ3n) is 3.70. The van der Waals surface area contributed by atoms with Crippen molar-refractivity contribution in [1.82, 2.24) is 9.88 Å². The molecular formula is C13H21N3S. The zero-order valence-corrected chi connectivity index (χ0v) is 11.2. The summed E-state index contributed by atoms with van der Waals surface area (Å²) in [5.41, 5.74) is 7.20. The molecule has 4 heteroatoms. The maximum absolute atomic E-state index is 5.90. The number of thioether (sulfide) groups is 1. The molecule has 0 radical (unpaired) electrons. The smallest absolute Gasteiger partial charge is 0.0312 e. The van der Waals surface area contributed by atoms with Crippen molar-refractivity contribution >= 4 is 11.8 Å². The molecule has 0 atom stereocenters. The van der Waals surface area contributed by atoms with Crippen molar-refractivity contribution in [2.75, 3.05) is 25.9 Å². The first kappa shape index (κ1) is 12.9. The molecule has 0 aliphatic carbocycles. The van der Waals surface area contributed by atoms with Gasteiger partial charge in [-0.15, -0.1) is 0 Å². The second kappa shape index (κ2) is 5.85. The van der Waals surface area contributed by atoms with Crippen molar-refractivity contribution in [3.8, 4) is 0 Å². The van der Waals surface area contributed by atoms with Gasteiger partial charge >= 0.3 is 0 Å². The van der Waals surface area contributed by atoms with Gasteiger partial charge in [-0.25, -0.2) is 0 Å². The molecule has 0 spiro atoms. The van der Waals surface area contributed by atoms with Gasteiger partial charge in [0.15, 0.2) is 0 Å². The largest absolute Gasteiger partial charge is 0.329 e. The fourth-order valence-corrected chi connectivity index (χ4v) is 3.12. The van der Waals surface area contributed by atoms with Crippen LogP contribution in [0.15, 0.2) is 24.5 Å². The summed E-state index contributed by atoms with van der Waals surface area (Å²) in [5.74, 6) is 0. The van der Waals surface area contributed by atoms with E-state index < -0.39 is 0 Å². The molecule has 1 aromatic rings. The Bertz CT molecular complexity index is 328. The quantitative estimate of drug-likeness (QED) is 0.885. The molecule has 2 N–H and O–H groups in total. The number of hydrogen-bond acceptors (Lipinski definition) is 4. The van der Waals surface area contributed by atoms with Crippen LogP contribution in [0.1, 0.15) is 18.4 Å². The standard InChI is InChI=1S/C13H21N3S/c1-17-13(11-14)4-7-16(8-5-13)10-12-3-2-6-15-9-12/h2-3,6,9H,4-5,7-8,10-11,14H2,1H3. The van der Waals surface area contributed by atoms with E-state index in [9.17, 15) is 0 Å². The van der Waals surface area contributed by atoms with Crippen LogP contribution in [0.2, 0.25) is 0 Å². The van der Waals surface area contributed by atoms with Crippen LogP contribution >= 0.6 is 11.8 Å². The number of pyridine rings is 1. The van der Waals surface area contributed by atoms with Crippen molar-refractivity contribution in [2.45, 2.75) is 24.1 Å². The van der Waals surface area contributed by atoms with E-state index in [0.29, 0.717) is 4.75 Å². The molecule has 0 bridgehead atoms. The van der Waals surface area contributed by atoms with E-state index in [-0.39, 0.29) is 0 Å². The summed E-state index contributed by atoms with van der Waals surface area (Å²) in [4.78, 5) is 6.66. The van der Waals surface area contributed by atoms with Gasteiger partial charge < -0.3 is 5.73 Å². The molecule has 1 aromatic heterocycles. The van der Waals surface area contributed by atoms with Crippen molar-refractivity contribution in [1.29, 1.82) is 0 Å². The number of aromatic nitrogens is 1. The molecule has 1 saturated heterocycles. The van der Waals surface area contributed by atoms with Gasteiger partial charge in [0.25, 0.3) is 0 Å². The first-order valence-corrected chi connectivity index (χ1v) is 7.37. The molecule has 3 nitrogen and oxygen atoms in total. The van der Waals surface area contributed by atoms with E-state index >= 15 is 0 Å². The highest BCUT2D eigenvalue weighted by Crippen LogP contribution is 2.33. The zero-order valence-electron chi connectivity index (χ0n) is 10.4. The van der Waals surface area contributed by atoms with E-state index in [4.69, 9.17) is 5.73 Å². The summed E-state index contributed by atoms with van der Waals surface area (Å²) in [6.07, 6.45) is 8.37. The SMILES string of the molecule is CSC1(CN)CCN(Cc2cccnc2)CC1. The number of rotatable bonds is 4. The Morgan fingerprint density at radius 1 is 1.47 bits per heavy atom. The first-order chi connectivity index (χ1) is 8.28. The molecule has 1 aliphatic rings. The first-order valence-electron chi connectivity index (χ1n) is 6.14. The minimum absolute atomic E-state index is 0.325. The Hall–Kier alpha value is -0.580. The van der Waals surface area contributed by atoms with E-state index in [1.807, 2.05) is 30.2 Å². The Morgan fingerprint density at radius 3 is 2.76 bits per heavy atom. The van der Waals surface area contributed by atoms with Crippen LogP contribution in [-0.2, 0) is 6.54 Å². The Morgan fingerprint density at radius 2 is 2.24 bits per heavy atom.